The van der Waals surface area contributed by atoms with Gasteiger partial charge < -0.3 is 11.2 Å². The molecule has 0 aliphatic heterocycles. The molecule has 0 rings (SSSR count). The molecule has 0 aliphatic rings. The summed E-state index contributed by atoms with van der Waals surface area (Å²) < 4.78 is 0. The average molecular weight is 625 g/mol. The maximum absolute atomic E-state index is 0. The van der Waals surface area contributed by atoms with Gasteiger partial charge in [0, 0.05) is 53.5 Å². The topological polar surface area (TPSA) is 28.5 Å². The van der Waals surface area contributed by atoms with Crippen molar-refractivity contribution in [3.05, 3.63) is 0 Å². The van der Waals surface area contributed by atoms with E-state index >= 15 is 0 Å². The van der Waals surface area contributed by atoms with Crippen molar-refractivity contribution < 1.29 is 28.3 Å². The Morgan fingerprint density at radius 1 is 1.17 bits per heavy atom. The van der Waals surface area contributed by atoms with E-state index < -0.39 is 0 Å². The summed E-state index contributed by atoms with van der Waals surface area (Å²) in [6.45, 7) is 0. The molecule has 0 amide bonds. The largest absolute Gasteiger partial charge is 2.00 e. The van der Waals surface area contributed by atoms with Crippen molar-refractivity contribution in [2.24, 2.45) is 0 Å². The van der Waals surface area contributed by atoms with Crippen molar-refractivity contribution in [3.8, 4) is 0 Å². The van der Waals surface area contributed by atoms with Crippen LogP contribution in [0.3, 0.4) is 0 Å². The van der Waals surface area contributed by atoms with E-state index in [9.17, 15) is 0 Å². The first-order chi connectivity index (χ1) is 0. The van der Waals surface area contributed by atoms with Crippen molar-refractivity contribution in [3.63, 3.8) is 0 Å². The molecule has 0 spiro atoms. The fourth-order valence-electron chi connectivity index (χ4n) is 0. The normalized spacial score (nSPS) is 0. The third kappa shape index (κ3) is 23.0. The quantitative estimate of drug-likeness (QED) is 0.304. The van der Waals surface area contributed by atoms with E-state index in [2.05, 4.69) is 0 Å². The van der Waals surface area contributed by atoms with Gasteiger partial charge in [-0.15, -0.1) is 0 Å². The SMILES string of the molecule is [Bi].[Ca+2].[Cu+2].[H-].[H-].[H-].[H-].[O-2].[Sr+2].[Tl]. The third-order valence-corrected chi connectivity index (χ3v) is 0. The summed E-state index contributed by atoms with van der Waals surface area (Å²) in [6.07, 6.45) is 0. The second kappa shape index (κ2) is 32.3. The van der Waals surface area contributed by atoms with E-state index in [1.165, 1.54) is 0 Å². The summed E-state index contributed by atoms with van der Waals surface area (Å²) in [5.74, 6) is 0. The van der Waals surface area contributed by atoms with E-state index in [0.29, 0.717) is 0 Å². The van der Waals surface area contributed by atoms with Crippen LogP contribution in [-0.2, 0) is 22.5 Å². The average Bonchev–Trinajstić information content (AvgIpc) is 0. The Morgan fingerprint density at radius 3 is 1.17 bits per heavy atom. The first-order valence-corrected chi connectivity index (χ1v) is 0. The third-order valence-electron chi connectivity index (χ3n) is 0. The van der Waals surface area contributed by atoms with Crippen molar-refractivity contribution in [2.45, 2.75) is 0 Å². The minimum absolute atomic E-state index is 0. The van der Waals surface area contributed by atoms with Gasteiger partial charge in [0.05, 0.1) is 0 Å². The smallest absolute Gasteiger partial charge is 2.00 e. The van der Waals surface area contributed by atoms with E-state index in [0.717, 1.165) is 0 Å². The van der Waals surface area contributed by atoms with Crippen LogP contribution in [0.25, 0.3) is 0 Å². The fourth-order valence-corrected chi connectivity index (χ4v) is 0. The van der Waals surface area contributed by atoms with Gasteiger partial charge in [-0.05, 0) is 0 Å². The molecule has 6 heavy (non-hydrogen) atoms. The van der Waals surface area contributed by atoms with E-state index in [1.807, 2.05) is 0 Å². The first-order valence-electron chi connectivity index (χ1n) is 0. The van der Waals surface area contributed by atoms with Crippen LogP contribution in [0.5, 0.6) is 0 Å². The van der Waals surface area contributed by atoms with Crippen molar-refractivity contribution in [2.75, 3.05) is 0 Å². The standard InChI is InChI=1S/Bi.Ca.Cu.O.Sr.Tl.4H/q;2*+2;-2;+2;;4*-1. The Morgan fingerprint density at radius 2 is 1.17 bits per heavy atom. The van der Waals surface area contributed by atoms with Crippen LogP contribution in [0.15, 0.2) is 0 Å². The number of hydrogen-bond acceptors (Lipinski definition) is 0. The molecular formula is H4BiCaCuOSrTl. The molecule has 0 unspecified atom stereocenters. The molecule has 0 aromatic heterocycles. The summed E-state index contributed by atoms with van der Waals surface area (Å²) in [6, 6.07) is 0. The van der Waals surface area contributed by atoms with E-state index in [-0.39, 0.29) is 165 Å². The van der Waals surface area contributed by atoms with Crippen molar-refractivity contribution in [1.82, 2.24) is 0 Å². The monoisotopic (exact) mass is 625 g/mol. The first kappa shape index (κ1) is 43.9. The van der Waals surface area contributed by atoms with Crippen LogP contribution in [0.1, 0.15) is 5.71 Å². The summed E-state index contributed by atoms with van der Waals surface area (Å²) >= 11 is 0. The Bertz CT molecular complexity index is 25.2. The molecule has 5 radical (unpaired) electrons. The van der Waals surface area contributed by atoms with Crippen molar-refractivity contribution >= 4 is 137 Å². The van der Waals surface area contributed by atoms with Gasteiger partial charge >= 0.3 is 100 Å². The van der Waals surface area contributed by atoms with Gasteiger partial charge in [0.1, 0.15) is 0 Å². The maximum atomic E-state index is 0. The van der Waals surface area contributed by atoms with E-state index in [4.69, 9.17) is 0 Å². The molecule has 0 saturated carbocycles. The van der Waals surface area contributed by atoms with Crippen LogP contribution >= 0.6 is 0 Å². The summed E-state index contributed by atoms with van der Waals surface area (Å²) in [5, 5.41) is 0. The number of hydrogen-bond donors (Lipinski definition) is 0. The molecule has 0 N–H and O–H groups in total. The van der Waals surface area contributed by atoms with Gasteiger partial charge in [0.25, 0.3) is 0 Å². The molecule has 6 heteroatoms. The molecule has 0 saturated heterocycles. The van der Waals surface area contributed by atoms with Gasteiger partial charge in [-0.25, -0.2) is 0 Å². The zero-order valence-electron chi connectivity index (χ0n) is 7.15. The Labute approximate surface area is 160 Å². The van der Waals surface area contributed by atoms with Gasteiger partial charge in [0.2, 0.25) is 0 Å². The minimum Gasteiger partial charge on any atom is -2.00 e. The predicted octanol–water partition coefficient (Wildman–Crippen LogP) is -1.19. The van der Waals surface area contributed by atoms with Crippen LogP contribution in [0.4, 0.5) is 0 Å². The molecule has 0 aromatic rings. The molecule has 1 nitrogen and oxygen atoms in total. The van der Waals surface area contributed by atoms with Gasteiger partial charge in [-0.1, -0.05) is 0 Å². The maximum Gasteiger partial charge on any atom is 2.00 e. The predicted molar refractivity (Wildman–Crippen MR) is 28.2 cm³/mol. The zero-order chi connectivity index (χ0) is 0. The Hall–Kier alpha value is 5.02. The Balaban J connectivity index is 0. The fraction of sp³-hybridized carbons (Fsp3) is 0. The van der Waals surface area contributed by atoms with Gasteiger partial charge in [-0.3, -0.25) is 0 Å². The Kier molecular flexibility index (Phi) is 237. The van der Waals surface area contributed by atoms with E-state index in [1.54, 1.807) is 0 Å². The van der Waals surface area contributed by atoms with Gasteiger partial charge in [0.15, 0.2) is 0 Å². The molecule has 0 aromatic carbocycles. The van der Waals surface area contributed by atoms with Crippen LogP contribution < -0.4 is 0 Å². The molecule has 33 valence electrons. The summed E-state index contributed by atoms with van der Waals surface area (Å²) in [5.41, 5.74) is 0. The molecule has 0 fully saturated rings. The van der Waals surface area contributed by atoms with Crippen LogP contribution in [0.2, 0.25) is 0 Å². The summed E-state index contributed by atoms with van der Waals surface area (Å²) in [4.78, 5) is 0. The summed E-state index contributed by atoms with van der Waals surface area (Å²) in [7, 11) is 0. The minimum atomic E-state index is 0. The second-order valence-electron chi connectivity index (χ2n) is 0. The second-order valence-corrected chi connectivity index (χ2v) is 0. The molecular weight excluding hydrogens is 621 g/mol. The molecule has 0 bridgehead atoms. The molecule has 0 atom stereocenters. The molecule has 0 heterocycles. The van der Waals surface area contributed by atoms with Gasteiger partial charge in [-0.2, -0.15) is 0 Å². The van der Waals surface area contributed by atoms with Crippen LogP contribution in [0, 0.1) is 0 Å². The number of rotatable bonds is 0. The molecule has 0 aliphatic carbocycles. The van der Waals surface area contributed by atoms with Crippen molar-refractivity contribution in [1.29, 1.82) is 0 Å². The van der Waals surface area contributed by atoms with Crippen LogP contribution in [-0.4, -0.2) is 137 Å². The zero-order valence-corrected chi connectivity index (χ0v) is 17.7.